The number of fused-ring (bicyclic) bond motifs is 1. The van der Waals surface area contributed by atoms with Gasteiger partial charge in [-0.1, -0.05) is 47.6 Å². The monoisotopic (exact) mass is 361 g/mol. The van der Waals surface area contributed by atoms with Crippen LogP contribution in [0.15, 0.2) is 51.4 Å². The van der Waals surface area contributed by atoms with Crippen LogP contribution in [0.1, 0.15) is 32.9 Å². The molecule has 4 aromatic rings. The molecular weight excluding hydrogens is 342 g/mol. The van der Waals surface area contributed by atoms with Crippen LogP contribution in [0.25, 0.3) is 22.6 Å². The van der Waals surface area contributed by atoms with Gasteiger partial charge in [0.15, 0.2) is 5.76 Å². The van der Waals surface area contributed by atoms with Gasteiger partial charge in [0.05, 0.1) is 0 Å². The molecule has 0 saturated carbocycles. The fourth-order valence-corrected chi connectivity index (χ4v) is 3.06. The maximum absolute atomic E-state index is 12.3. The molecular formula is C21H19N3O3. The van der Waals surface area contributed by atoms with Gasteiger partial charge in [0.25, 0.3) is 0 Å². The third-order valence-electron chi connectivity index (χ3n) is 4.68. The standard InChI is InChI=1S/C21H19N3O3/c1-12-7-4-5-9-15(12)11-22-20(25)21-23-19(24-27-21)18-14(3)16-10-6-8-13(2)17(16)26-18/h4-10H,11H2,1-3H3,(H,22,25). The summed E-state index contributed by atoms with van der Waals surface area (Å²) in [5.74, 6) is 0.280. The Morgan fingerprint density at radius 1 is 1.04 bits per heavy atom. The lowest BCUT2D eigenvalue weighted by molar-refractivity contribution is 0.0907. The van der Waals surface area contributed by atoms with Crippen LogP contribution in [0.2, 0.25) is 0 Å². The second kappa shape index (κ2) is 6.72. The summed E-state index contributed by atoms with van der Waals surface area (Å²) < 4.78 is 11.1. The number of nitrogens with zero attached hydrogens (tertiary/aromatic N) is 2. The van der Waals surface area contributed by atoms with Crippen LogP contribution in [0.5, 0.6) is 0 Å². The van der Waals surface area contributed by atoms with Crippen molar-refractivity contribution in [1.82, 2.24) is 15.5 Å². The molecule has 136 valence electrons. The van der Waals surface area contributed by atoms with E-state index in [1.165, 1.54) is 0 Å². The fourth-order valence-electron chi connectivity index (χ4n) is 3.06. The second-order valence-corrected chi connectivity index (χ2v) is 6.54. The number of rotatable bonds is 4. The van der Waals surface area contributed by atoms with Crippen molar-refractivity contribution in [3.63, 3.8) is 0 Å². The highest BCUT2D eigenvalue weighted by atomic mass is 16.5. The Balaban J connectivity index is 1.57. The van der Waals surface area contributed by atoms with Crippen LogP contribution in [0.3, 0.4) is 0 Å². The van der Waals surface area contributed by atoms with Gasteiger partial charge >= 0.3 is 11.8 Å². The van der Waals surface area contributed by atoms with Gasteiger partial charge in [-0.05, 0) is 37.5 Å². The summed E-state index contributed by atoms with van der Waals surface area (Å²) in [7, 11) is 0. The molecule has 0 aliphatic rings. The number of hydrogen-bond acceptors (Lipinski definition) is 5. The normalized spacial score (nSPS) is 11.1. The molecule has 0 aliphatic heterocycles. The van der Waals surface area contributed by atoms with E-state index in [1.54, 1.807) is 0 Å². The topological polar surface area (TPSA) is 81.2 Å². The van der Waals surface area contributed by atoms with Crippen molar-refractivity contribution >= 4 is 16.9 Å². The molecule has 27 heavy (non-hydrogen) atoms. The van der Waals surface area contributed by atoms with Crippen LogP contribution in [0, 0.1) is 20.8 Å². The molecule has 0 radical (unpaired) electrons. The smallest absolute Gasteiger partial charge is 0.316 e. The Morgan fingerprint density at radius 2 is 1.81 bits per heavy atom. The Hall–Kier alpha value is -3.41. The van der Waals surface area contributed by atoms with E-state index in [2.05, 4.69) is 15.5 Å². The molecule has 0 unspecified atom stereocenters. The van der Waals surface area contributed by atoms with Gasteiger partial charge in [-0.15, -0.1) is 0 Å². The van der Waals surface area contributed by atoms with E-state index >= 15 is 0 Å². The first-order valence-corrected chi connectivity index (χ1v) is 8.70. The largest absolute Gasteiger partial charge is 0.452 e. The van der Waals surface area contributed by atoms with Crippen molar-refractivity contribution in [3.8, 4) is 11.6 Å². The molecule has 6 heteroatoms. The highest BCUT2D eigenvalue weighted by Crippen LogP contribution is 2.33. The van der Waals surface area contributed by atoms with Crippen LogP contribution >= 0.6 is 0 Å². The highest BCUT2D eigenvalue weighted by molar-refractivity contribution is 5.91. The predicted molar refractivity (Wildman–Crippen MR) is 101 cm³/mol. The van der Waals surface area contributed by atoms with Crippen molar-refractivity contribution in [3.05, 3.63) is 70.6 Å². The van der Waals surface area contributed by atoms with E-state index in [1.807, 2.05) is 63.2 Å². The van der Waals surface area contributed by atoms with Crippen molar-refractivity contribution in [2.24, 2.45) is 0 Å². The number of amides is 1. The number of para-hydroxylation sites is 1. The van der Waals surface area contributed by atoms with E-state index in [-0.39, 0.29) is 11.7 Å². The molecule has 0 bridgehead atoms. The van der Waals surface area contributed by atoms with Crippen LogP contribution in [0.4, 0.5) is 0 Å². The zero-order valence-corrected chi connectivity index (χ0v) is 15.4. The summed E-state index contributed by atoms with van der Waals surface area (Å²) in [5.41, 5.74) is 4.88. The molecule has 6 nitrogen and oxygen atoms in total. The molecule has 4 rings (SSSR count). The van der Waals surface area contributed by atoms with Crippen molar-refractivity contribution < 1.29 is 13.7 Å². The van der Waals surface area contributed by atoms with E-state index in [4.69, 9.17) is 8.94 Å². The van der Waals surface area contributed by atoms with Crippen molar-refractivity contribution in [2.45, 2.75) is 27.3 Å². The van der Waals surface area contributed by atoms with Gasteiger partial charge in [0, 0.05) is 17.5 Å². The Labute approximate surface area is 156 Å². The van der Waals surface area contributed by atoms with Crippen molar-refractivity contribution in [1.29, 1.82) is 0 Å². The second-order valence-electron chi connectivity index (χ2n) is 6.54. The van der Waals surface area contributed by atoms with Gasteiger partial charge in [-0.2, -0.15) is 4.98 Å². The quantitative estimate of drug-likeness (QED) is 0.585. The van der Waals surface area contributed by atoms with E-state index in [0.29, 0.717) is 12.3 Å². The average Bonchev–Trinajstić information content (AvgIpc) is 3.27. The Morgan fingerprint density at radius 3 is 2.59 bits per heavy atom. The Bertz CT molecular complexity index is 1140. The first-order valence-electron chi connectivity index (χ1n) is 8.70. The molecule has 2 aromatic heterocycles. The third kappa shape index (κ3) is 3.10. The van der Waals surface area contributed by atoms with Crippen LogP contribution in [-0.4, -0.2) is 16.0 Å². The van der Waals surface area contributed by atoms with E-state index in [9.17, 15) is 4.79 Å². The minimum Gasteiger partial charge on any atom is -0.452 e. The average molecular weight is 361 g/mol. The Kier molecular flexibility index (Phi) is 4.24. The number of hydrogen-bond donors (Lipinski definition) is 1. The van der Waals surface area contributed by atoms with Crippen molar-refractivity contribution in [2.75, 3.05) is 0 Å². The zero-order valence-electron chi connectivity index (χ0n) is 15.4. The summed E-state index contributed by atoms with van der Waals surface area (Å²) in [6.45, 7) is 6.31. The number of carbonyl (C=O) groups excluding carboxylic acids is 1. The fraction of sp³-hybridized carbons (Fsp3) is 0.190. The number of carbonyl (C=O) groups is 1. The lowest BCUT2D eigenvalue weighted by atomic mass is 10.1. The van der Waals surface area contributed by atoms with E-state index < -0.39 is 5.91 Å². The van der Waals surface area contributed by atoms with Gasteiger partial charge in [0.2, 0.25) is 5.82 Å². The van der Waals surface area contributed by atoms with E-state index in [0.717, 1.165) is 33.2 Å². The predicted octanol–water partition coefficient (Wildman–Crippen LogP) is 4.34. The zero-order chi connectivity index (χ0) is 19.0. The number of furan rings is 1. The number of benzene rings is 2. The lowest BCUT2D eigenvalue weighted by Gasteiger charge is -2.05. The molecule has 1 N–H and O–H groups in total. The summed E-state index contributed by atoms with van der Waals surface area (Å²) in [6, 6.07) is 13.8. The highest BCUT2D eigenvalue weighted by Gasteiger charge is 2.21. The maximum atomic E-state index is 12.3. The lowest BCUT2D eigenvalue weighted by Crippen LogP contribution is -2.23. The van der Waals surface area contributed by atoms with Gasteiger partial charge in [-0.25, -0.2) is 0 Å². The SMILES string of the molecule is Cc1ccccc1CNC(=O)c1nc(-c2oc3c(C)cccc3c2C)no1. The van der Waals surface area contributed by atoms with Gasteiger partial charge in [-0.3, -0.25) is 4.79 Å². The molecule has 0 aliphatic carbocycles. The molecule has 0 fully saturated rings. The summed E-state index contributed by atoms with van der Waals surface area (Å²) in [4.78, 5) is 16.6. The molecule has 2 aromatic carbocycles. The first-order chi connectivity index (χ1) is 13.0. The minimum atomic E-state index is -0.415. The van der Waals surface area contributed by atoms with Gasteiger partial charge in [0.1, 0.15) is 5.58 Å². The molecule has 1 amide bonds. The number of aromatic nitrogens is 2. The number of nitrogens with one attached hydrogen (secondary N) is 1. The molecule has 0 atom stereocenters. The minimum absolute atomic E-state index is 0.0878. The van der Waals surface area contributed by atoms with Crippen LogP contribution in [-0.2, 0) is 6.54 Å². The third-order valence-corrected chi connectivity index (χ3v) is 4.68. The maximum Gasteiger partial charge on any atom is 0.316 e. The molecule has 0 spiro atoms. The number of aryl methyl sites for hydroxylation is 3. The summed E-state index contributed by atoms with van der Waals surface area (Å²) in [6.07, 6.45) is 0. The van der Waals surface area contributed by atoms with Crippen LogP contribution < -0.4 is 5.32 Å². The molecule has 0 saturated heterocycles. The van der Waals surface area contributed by atoms with Gasteiger partial charge < -0.3 is 14.3 Å². The molecule has 2 heterocycles. The summed E-state index contributed by atoms with van der Waals surface area (Å²) in [5, 5.41) is 7.73. The first kappa shape index (κ1) is 17.0. The summed E-state index contributed by atoms with van der Waals surface area (Å²) >= 11 is 0.